The maximum Gasteiger partial charge on any atom is 0.249 e. The molecule has 0 radical (unpaired) electrons. The van der Waals surface area contributed by atoms with E-state index < -0.39 is 0 Å². The van der Waals surface area contributed by atoms with Gasteiger partial charge in [0.15, 0.2) is 0 Å². The molecule has 0 aliphatic carbocycles. The molecule has 164 valence electrons. The van der Waals surface area contributed by atoms with Gasteiger partial charge in [0, 0.05) is 43.3 Å². The molecule has 1 aromatic heterocycles. The smallest absolute Gasteiger partial charge is 0.249 e. The molecule has 6 heteroatoms. The van der Waals surface area contributed by atoms with E-state index in [0.29, 0.717) is 13.1 Å². The molecular weight excluding hydrogens is 390 g/mol. The summed E-state index contributed by atoms with van der Waals surface area (Å²) in [7, 11) is 1.49. The summed E-state index contributed by atoms with van der Waals surface area (Å²) in [5.74, 6) is -0.246. The molecule has 1 N–H and O–H groups in total. The van der Waals surface area contributed by atoms with Crippen LogP contribution in [0.3, 0.4) is 0 Å². The number of aromatic nitrogens is 1. The van der Waals surface area contributed by atoms with Gasteiger partial charge < -0.3 is 19.5 Å². The molecule has 0 aliphatic heterocycles. The van der Waals surface area contributed by atoms with E-state index in [9.17, 15) is 9.59 Å². The molecule has 6 nitrogen and oxygen atoms in total. The second-order valence-corrected chi connectivity index (χ2v) is 7.96. The van der Waals surface area contributed by atoms with Crippen LogP contribution in [-0.4, -0.2) is 59.4 Å². The fourth-order valence-corrected chi connectivity index (χ4v) is 3.70. The van der Waals surface area contributed by atoms with Crippen molar-refractivity contribution in [1.82, 2.24) is 14.8 Å². The Kier molecular flexibility index (Phi) is 7.84. The van der Waals surface area contributed by atoms with E-state index >= 15 is 0 Å². The molecule has 2 aromatic carbocycles. The monoisotopic (exact) mass is 421 g/mol. The van der Waals surface area contributed by atoms with E-state index in [4.69, 9.17) is 4.74 Å². The predicted molar refractivity (Wildman–Crippen MR) is 123 cm³/mol. The number of nitrogens with zero attached hydrogens (tertiary/aromatic N) is 2. The topological polar surface area (TPSA) is 65.6 Å². The van der Waals surface area contributed by atoms with Gasteiger partial charge in [-0.3, -0.25) is 9.59 Å². The average molecular weight is 422 g/mol. The maximum atomic E-state index is 13.3. The summed E-state index contributed by atoms with van der Waals surface area (Å²) in [5, 5.41) is 1.17. The summed E-state index contributed by atoms with van der Waals surface area (Å²) in [5.41, 5.74) is 3.33. The number of para-hydroxylation sites is 1. The quantitative estimate of drug-likeness (QED) is 0.544. The first-order chi connectivity index (χ1) is 15.0. The van der Waals surface area contributed by atoms with Gasteiger partial charge in [0.1, 0.15) is 13.2 Å². The Hall–Kier alpha value is -3.12. The molecule has 0 fully saturated rings. The molecule has 0 atom stereocenters. The summed E-state index contributed by atoms with van der Waals surface area (Å²) < 4.78 is 4.99. The lowest BCUT2D eigenvalue weighted by molar-refractivity contribution is -0.144. The number of amides is 2. The molecular formula is C25H31N3O3. The minimum atomic E-state index is -0.179. The minimum Gasteiger partial charge on any atom is -0.375 e. The standard InChI is InChI=1S/C25H31N3O3/c1-19(2)28(25(30)18-31-3)17-24(29)27(16-20-9-5-4-6-10-20)14-13-21-15-26-23-12-8-7-11-22(21)23/h4-12,15,19,26H,13-14,16-18H2,1-3H3. The first kappa shape index (κ1) is 22.6. The molecule has 2 amide bonds. The van der Waals surface area contributed by atoms with Crippen LogP contribution in [0, 0.1) is 0 Å². The normalized spacial score (nSPS) is 11.1. The van der Waals surface area contributed by atoms with Gasteiger partial charge in [-0.2, -0.15) is 0 Å². The summed E-state index contributed by atoms with van der Waals surface area (Å²) in [6.07, 6.45) is 2.74. The number of nitrogens with one attached hydrogen (secondary N) is 1. The van der Waals surface area contributed by atoms with Crippen LogP contribution in [0.2, 0.25) is 0 Å². The number of fused-ring (bicyclic) bond motifs is 1. The van der Waals surface area contributed by atoms with Gasteiger partial charge in [0.05, 0.1) is 0 Å². The van der Waals surface area contributed by atoms with Crippen LogP contribution in [0.15, 0.2) is 60.8 Å². The highest BCUT2D eigenvalue weighted by Crippen LogP contribution is 2.19. The van der Waals surface area contributed by atoms with E-state index in [1.807, 2.05) is 73.5 Å². The molecule has 0 saturated carbocycles. The van der Waals surface area contributed by atoms with Crippen molar-refractivity contribution in [3.63, 3.8) is 0 Å². The van der Waals surface area contributed by atoms with Gasteiger partial charge in [0.25, 0.3) is 0 Å². The third-order valence-electron chi connectivity index (χ3n) is 5.41. The van der Waals surface area contributed by atoms with Crippen molar-refractivity contribution in [3.8, 4) is 0 Å². The summed E-state index contributed by atoms with van der Waals surface area (Å²) in [6, 6.07) is 18.0. The van der Waals surface area contributed by atoms with Crippen LogP contribution in [0.1, 0.15) is 25.0 Å². The Bertz CT molecular complexity index is 997. The third-order valence-corrected chi connectivity index (χ3v) is 5.41. The number of carbonyl (C=O) groups is 2. The van der Waals surface area contributed by atoms with Crippen molar-refractivity contribution >= 4 is 22.7 Å². The Morgan fingerprint density at radius 2 is 1.71 bits per heavy atom. The van der Waals surface area contributed by atoms with Gasteiger partial charge in [-0.25, -0.2) is 0 Å². The molecule has 0 saturated heterocycles. The fraction of sp³-hybridized carbons (Fsp3) is 0.360. The van der Waals surface area contributed by atoms with Crippen LogP contribution in [-0.2, 0) is 27.3 Å². The van der Waals surface area contributed by atoms with E-state index in [2.05, 4.69) is 11.1 Å². The molecule has 3 aromatic rings. The van der Waals surface area contributed by atoms with E-state index in [1.54, 1.807) is 4.90 Å². The van der Waals surface area contributed by atoms with Crippen molar-refractivity contribution in [3.05, 3.63) is 71.9 Å². The molecule has 0 spiro atoms. The lowest BCUT2D eigenvalue weighted by Crippen LogP contribution is -2.47. The van der Waals surface area contributed by atoms with Crippen molar-refractivity contribution < 1.29 is 14.3 Å². The molecule has 1 heterocycles. The number of carbonyl (C=O) groups excluding carboxylic acids is 2. The summed E-state index contributed by atoms with van der Waals surface area (Å²) in [6.45, 7) is 4.91. The number of hydrogen-bond acceptors (Lipinski definition) is 3. The number of benzene rings is 2. The second kappa shape index (κ2) is 10.8. The van der Waals surface area contributed by atoms with Gasteiger partial charge in [-0.15, -0.1) is 0 Å². The van der Waals surface area contributed by atoms with Crippen molar-refractivity contribution in [2.24, 2.45) is 0 Å². The number of hydrogen-bond donors (Lipinski definition) is 1. The number of H-pyrrole nitrogens is 1. The largest absolute Gasteiger partial charge is 0.375 e. The molecule has 0 bridgehead atoms. The van der Waals surface area contributed by atoms with Gasteiger partial charge in [-0.1, -0.05) is 48.5 Å². The average Bonchev–Trinajstić information content (AvgIpc) is 3.18. The molecule has 0 aliphatic rings. The van der Waals surface area contributed by atoms with E-state index in [-0.39, 0.29) is 31.0 Å². The minimum absolute atomic E-state index is 0.0283. The summed E-state index contributed by atoms with van der Waals surface area (Å²) >= 11 is 0. The van der Waals surface area contributed by atoms with Crippen molar-refractivity contribution in [2.75, 3.05) is 26.8 Å². The second-order valence-electron chi connectivity index (χ2n) is 7.96. The Morgan fingerprint density at radius 1 is 1.00 bits per heavy atom. The maximum absolute atomic E-state index is 13.3. The number of rotatable bonds is 10. The first-order valence-corrected chi connectivity index (χ1v) is 10.6. The third kappa shape index (κ3) is 5.95. The highest BCUT2D eigenvalue weighted by atomic mass is 16.5. The fourth-order valence-electron chi connectivity index (χ4n) is 3.70. The Labute approximate surface area is 183 Å². The van der Waals surface area contributed by atoms with Crippen LogP contribution >= 0.6 is 0 Å². The highest BCUT2D eigenvalue weighted by molar-refractivity contribution is 5.86. The number of aromatic amines is 1. The zero-order valence-electron chi connectivity index (χ0n) is 18.5. The van der Waals surface area contributed by atoms with Crippen molar-refractivity contribution in [2.45, 2.75) is 32.9 Å². The first-order valence-electron chi connectivity index (χ1n) is 10.6. The zero-order valence-corrected chi connectivity index (χ0v) is 18.5. The zero-order chi connectivity index (χ0) is 22.2. The molecule has 31 heavy (non-hydrogen) atoms. The van der Waals surface area contributed by atoms with E-state index in [0.717, 1.165) is 17.5 Å². The van der Waals surface area contributed by atoms with Crippen LogP contribution < -0.4 is 0 Å². The lowest BCUT2D eigenvalue weighted by Gasteiger charge is -2.30. The van der Waals surface area contributed by atoms with Gasteiger partial charge in [-0.05, 0) is 37.5 Å². The van der Waals surface area contributed by atoms with Crippen LogP contribution in [0.5, 0.6) is 0 Å². The van der Waals surface area contributed by atoms with Gasteiger partial charge >= 0.3 is 0 Å². The Balaban J connectivity index is 1.76. The van der Waals surface area contributed by atoms with Gasteiger partial charge in [0.2, 0.25) is 11.8 Å². The highest BCUT2D eigenvalue weighted by Gasteiger charge is 2.23. The molecule has 0 unspecified atom stereocenters. The number of ether oxygens (including phenoxy) is 1. The van der Waals surface area contributed by atoms with Crippen LogP contribution in [0.4, 0.5) is 0 Å². The summed E-state index contributed by atoms with van der Waals surface area (Å²) in [4.78, 5) is 32.4. The van der Waals surface area contributed by atoms with Crippen molar-refractivity contribution in [1.29, 1.82) is 0 Å². The predicted octanol–water partition coefficient (Wildman–Crippen LogP) is 3.62. The Morgan fingerprint density at radius 3 is 2.42 bits per heavy atom. The molecule has 3 rings (SSSR count). The van der Waals surface area contributed by atoms with Crippen LogP contribution in [0.25, 0.3) is 10.9 Å². The van der Waals surface area contributed by atoms with E-state index in [1.165, 1.54) is 18.1 Å². The number of methoxy groups -OCH3 is 1. The SMILES string of the molecule is COCC(=O)N(CC(=O)N(CCc1c[nH]c2ccccc12)Cc1ccccc1)C(C)C. The lowest BCUT2D eigenvalue weighted by atomic mass is 10.1.